The monoisotopic (exact) mass is 241 g/mol. The molecule has 17 heavy (non-hydrogen) atoms. The number of aromatic nitrogens is 2. The summed E-state index contributed by atoms with van der Waals surface area (Å²) in [5, 5.41) is 0. The smallest absolute Gasteiger partial charge is 0.287 e. The van der Waals surface area contributed by atoms with Gasteiger partial charge in [0, 0.05) is 13.1 Å². The van der Waals surface area contributed by atoms with E-state index < -0.39 is 11.4 Å². The van der Waals surface area contributed by atoms with E-state index in [0.29, 0.717) is 19.0 Å². The van der Waals surface area contributed by atoms with Crippen LogP contribution in [0.4, 0.5) is 4.39 Å². The Bertz CT molecular complexity index is 461. The Morgan fingerprint density at radius 1 is 1.65 bits per heavy atom. The van der Waals surface area contributed by atoms with Gasteiger partial charge in [0.25, 0.3) is 5.56 Å². The van der Waals surface area contributed by atoms with E-state index in [4.69, 9.17) is 4.74 Å². The van der Waals surface area contributed by atoms with Crippen molar-refractivity contribution in [2.75, 3.05) is 26.2 Å². The number of ether oxygens (including phenoxy) is 1. The molecule has 1 aromatic rings. The third-order valence-electron chi connectivity index (χ3n) is 2.95. The average molecular weight is 241 g/mol. The zero-order valence-electron chi connectivity index (χ0n) is 9.99. The van der Waals surface area contributed by atoms with Crippen LogP contribution in [0.15, 0.2) is 4.79 Å². The fourth-order valence-electron chi connectivity index (χ4n) is 1.90. The summed E-state index contributed by atoms with van der Waals surface area (Å²) in [7, 11) is 0. The molecule has 1 N–H and O–H groups in total. The molecular weight excluding hydrogens is 225 g/mol. The van der Waals surface area contributed by atoms with E-state index in [0.717, 1.165) is 13.1 Å². The Balaban J connectivity index is 2.25. The number of nitrogens with zero attached hydrogens (tertiary/aromatic N) is 2. The molecule has 0 radical (unpaired) electrons. The van der Waals surface area contributed by atoms with Crippen molar-refractivity contribution in [1.82, 2.24) is 14.9 Å². The number of H-pyrrole nitrogens is 1. The highest BCUT2D eigenvalue weighted by Gasteiger charge is 2.23. The molecule has 1 aliphatic heterocycles. The van der Waals surface area contributed by atoms with E-state index in [1.807, 2.05) is 0 Å². The molecule has 1 aliphatic rings. The van der Waals surface area contributed by atoms with Gasteiger partial charge >= 0.3 is 0 Å². The van der Waals surface area contributed by atoms with Crippen molar-refractivity contribution < 1.29 is 9.13 Å². The van der Waals surface area contributed by atoms with Crippen LogP contribution < -0.4 is 5.56 Å². The number of aromatic amines is 1. The van der Waals surface area contributed by atoms with Crippen LogP contribution >= 0.6 is 0 Å². The van der Waals surface area contributed by atoms with E-state index in [9.17, 15) is 9.18 Å². The second-order valence-electron chi connectivity index (χ2n) is 4.10. The van der Waals surface area contributed by atoms with Crippen LogP contribution in [0.25, 0.3) is 0 Å². The molecule has 0 bridgehead atoms. The van der Waals surface area contributed by atoms with Crippen molar-refractivity contribution in [1.29, 1.82) is 0 Å². The number of hydrogen-bond donors (Lipinski definition) is 1. The topological polar surface area (TPSA) is 58.2 Å². The largest absolute Gasteiger partial charge is 0.368 e. The van der Waals surface area contributed by atoms with Crippen molar-refractivity contribution in [2.24, 2.45) is 0 Å². The second-order valence-corrected chi connectivity index (χ2v) is 4.10. The SMILES string of the molecule is CCN1CCOC(c2nc(C)c(F)c(=O)[nH]2)C1. The van der Waals surface area contributed by atoms with Crippen molar-refractivity contribution in [3.63, 3.8) is 0 Å². The van der Waals surface area contributed by atoms with E-state index in [1.165, 1.54) is 6.92 Å². The second kappa shape index (κ2) is 4.93. The normalized spacial score (nSPS) is 21.7. The molecule has 1 unspecified atom stereocenters. The first-order valence-corrected chi connectivity index (χ1v) is 5.72. The van der Waals surface area contributed by atoms with Gasteiger partial charge in [0.2, 0.25) is 5.82 Å². The lowest BCUT2D eigenvalue weighted by atomic mass is 10.2. The molecule has 0 amide bonds. The van der Waals surface area contributed by atoms with Crippen LogP contribution in [0.1, 0.15) is 24.5 Å². The summed E-state index contributed by atoms with van der Waals surface area (Å²) in [4.78, 5) is 20.0. The number of morpholine rings is 1. The number of nitrogens with one attached hydrogen (secondary N) is 1. The molecule has 1 saturated heterocycles. The molecule has 2 heterocycles. The zero-order valence-corrected chi connectivity index (χ0v) is 9.99. The summed E-state index contributed by atoms with van der Waals surface area (Å²) < 4.78 is 18.7. The maximum Gasteiger partial charge on any atom is 0.287 e. The lowest BCUT2D eigenvalue weighted by molar-refractivity contribution is -0.0328. The number of aryl methyl sites for hydroxylation is 1. The predicted octanol–water partition coefficient (Wildman–Crippen LogP) is 0.611. The van der Waals surface area contributed by atoms with E-state index >= 15 is 0 Å². The molecule has 5 nitrogen and oxygen atoms in total. The summed E-state index contributed by atoms with van der Waals surface area (Å²) in [6.07, 6.45) is -0.282. The van der Waals surface area contributed by atoms with Crippen LogP contribution in [0, 0.1) is 12.7 Å². The molecule has 0 saturated carbocycles. The van der Waals surface area contributed by atoms with Gasteiger partial charge in [-0.2, -0.15) is 4.39 Å². The maximum absolute atomic E-state index is 13.2. The molecule has 94 valence electrons. The van der Waals surface area contributed by atoms with Crippen LogP contribution in [0.3, 0.4) is 0 Å². The molecule has 0 spiro atoms. The summed E-state index contributed by atoms with van der Waals surface area (Å²) in [6, 6.07) is 0. The lowest BCUT2D eigenvalue weighted by Crippen LogP contribution is -2.39. The van der Waals surface area contributed by atoms with Crippen LogP contribution in [0.2, 0.25) is 0 Å². The summed E-state index contributed by atoms with van der Waals surface area (Å²) >= 11 is 0. The number of likely N-dealkylation sites (N-methyl/N-ethyl adjacent to an activating group) is 1. The Morgan fingerprint density at radius 2 is 2.41 bits per heavy atom. The van der Waals surface area contributed by atoms with E-state index in [2.05, 4.69) is 21.8 Å². The lowest BCUT2D eigenvalue weighted by Gasteiger charge is -2.31. The highest BCUT2D eigenvalue weighted by atomic mass is 19.1. The quantitative estimate of drug-likeness (QED) is 0.824. The van der Waals surface area contributed by atoms with Gasteiger partial charge in [-0.05, 0) is 13.5 Å². The first-order valence-electron chi connectivity index (χ1n) is 5.72. The Kier molecular flexibility index (Phi) is 3.54. The first kappa shape index (κ1) is 12.2. The standard InChI is InChI=1S/C11H16FN3O2/c1-3-15-4-5-17-8(6-15)10-13-7(2)9(12)11(16)14-10/h8H,3-6H2,1-2H3,(H,13,14,16). The molecular formula is C11H16FN3O2. The van der Waals surface area contributed by atoms with Gasteiger partial charge in [0.1, 0.15) is 11.9 Å². The van der Waals surface area contributed by atoms with Crippen LogP contribution in [0.5, 0.6) is 0 Å². The average Bonchev–Trinajstić information content (AvgIpc) is 2.35. The third-order valence-corrected chi connectivity index (χ3v) is 2.95. The molecule has 6 heteroatoms. The predicted molar refractivity (Wildman–Crippen MR) is 60.4 cm³/mol. The van der Waals surface area contributed by atoms with Crippen LogP contribution in [-0.2, 0) is 4.74 Å². The molecule has 1 atom stereocenters. The van der Waals surface area contributed by atoms with Gasteiger partial charge in [0.15, 0.2) is 0 Å². The minimum atomic E-state index is -0.822. The van der Waals surface area contributed by atoms with Crippen molar-refractivity contribution in [2.45, 2.75) is 20.0 Å². The fraction of sp³-hybridized carbons (Fsp3) is 0.636. The van der Waals surface area contributed by atoms with Gasteiger partial charge in [-0.15, -0.1) is 0 Å². The van der Waals surface area contributed by atoms with Gasteiger partial charge in [-0.1, -0.05) is 6.92 Å². The molecule has 0 aromatic carbocycles. The van der Waals surface area contributed by atoms with Crippen molar-refractivity contribution in [3.05, 3.63) is 27.7 Å². The molecule has 2 rings (SSSR count). The van der Waals surface area contributed by atoms with Gasteiger partial charge < -0.3 is 9.72 Å². The maximum atomic E-state index is 13.2. The fourth-order valence-corrected chi connectivity index (χ4v) is 1.90. The van der Waals surface area contributed by atoms with E-state index in [-0.39, 0.29) is 11.8 Å². The van der Waals surface area contributed by atoms with Gasteiger partial charge in [-0.25, -0.2) is 4.98 Å². The van der Waals surface area contributed by atoms with Crippen molar-refractivity contribution in [3.8, 4) is 0 Å². The summed E-state index contributed by atoms with van der Waals surface area (Å²) in [5.41, 5.74) is -0.620. The first-order chi connectivity index (χ1) is 8.11. The Labute approximate surface area is 98.6 Å². The number of hydrogen-bond acceptors (Lipinski definition) is 4. The third kappa shape index (κ3) is 2.53. The Morgan fingerprint density at radius 3 is 3.06 bits per heavy atom. The molecule has 1 aromatic heterocycles. The Hall–Kier alpha value is -1.27. The minimum absolute atomic E-state index is 0.112. The summed E-state index contributed by atoms with van der Waals surface area (Å²) in [6.45, 7) is 6.60. The molecule has 1 fully saturated rings. The highest BCUT2D eigenvalue weighted by molar-refractivity contribution is 5.06. The number of rotatable bonds is 2. The highest BCUT2D eigenvalue weighted by Crippen LogP contribution is 2.18. The zero-order chi connectivity index (χ0) is 12.4. The van der Waals surface area contributed by atoms with Crippen LogP contribution in [-0.4, -0.2) is 41.1 Å². The minimum Gasteiger partial charge on any atom is -0.368 e. The van der Waals surface area contributed by atoms with Crippen molar-refractivity contribution >= 4 is 0 Å². The number of halogens is 1. The summed E-state index contributed by atoms with van der Waals surface area (Å²) in [5.74, 6) is -0.413. The molecule has 0 aliphatic carbocycles. The van der Waals surface area contributed by atoms with Gasteiger partial charge in [0.05, 0.1) is 12.3 Å². The van der Waals surface area contributed by atoms with Gasteiger partial charge in [-0.3, -0.25) is 9.69 Å². The van der Waals surface area contributed by atoms with E-state index in [1.54, 1.807) is 0 Å².